The van der Waals surface area contributed by atoms with E-state index in [1.165, 1.54) is 44.8 Å². The minimum Gasteiger partial charge on any atom is -0.469 e. The molecule has 2 aliphatic carbocycles. The molecule has 1 saturated heterocycles. The molecule has 1 aliphatic heterocycles. The number of carbonyl (C=O) groups is 1. The van der Waals surface area contributed by atoms with Gasteiger partial charge in [-0.15, -0.1) is 0 Å². The Hall–Kier alpha value is -0.870. The molecule has 0 spiro atoms. The van der Waals surface area contributed by atoms with E-state index in [1.807, 2.05) is 6.92 Å². The summed E-state index contributed by atoms with van der Waals surface area (Å²) in [5.74, 6) is 0.892. The third-order valence-corrected chi connectivity index (χ3v) is 9.22. The number of allylic oxidation sites excluding steroid dienone is 1. The fraction of sp³-hybridized carbons (Fsp3) is 0.880. The summed E-state index contributed by atoms with van der Waals surface area (Å²) in [6.07, 6.45) is 10.1. The van der Waals surface area contributed by atoms with Crippen LogP contribution in [0, 0.1) is 28.6 Å². The van der Waals surface area contributed by atoms with Crippen LogP contribution in [0.5, 0.6) is 0 Å². The van der Waals surface area contributed by atoms with Gasteiger partial charge < -0.3 is 4.74 Å². The van der Waals surface area contributed by atoms with Gasteiger partial charge in [-0.3, -0.25) is 4.79 Å². The zero-order valence-corrected chi connectivity index (χ0v) is 19.5. The normalized spacial score (nSPS) is 44.1. The lowest BCUT2D eigenvalue weighted by molar-refractivity contribution is -0.412. The number of esters is 1. The Kier molecular flexibility index (Phi) is 6.56. The first-order valence-corrected chi connectivity index (χ1v) is 11.7. The molecule has 29 heavy (non-hydrogen) atoms. The molecule has 166 valence electrons. The topological polar surface area (TPSA) is 44.8 Å². The van der Waals surface area contributed by atoms with Crippen LogP contribution in [-0.2, 0) is 19.3 Å². The predicted molar refractivity (Wildman–Crippen MR) is 115 cm³/mol. The van der Waals surface area contributed by atoms with Gasteiger partial charge in [0.2, 0.25) is 0 Å². The van der Waals surface area contributed by atoms with E-state index in [-0.39, 0.29) is 23.6 Å². The van der Waals surface area contributed by atoms with Crippen LogP contribution in [0.15, 0.2) is 12.2 Å². The third-order valence-electron chi connectivity index (χ3n) is 9.22. The quantitative estimate of drug-likeness (QED) is 0.308. The van der Waals surface area contributed by atoms with Crippen LogP contribution in [0.3, 0.4) is 0 Å². The van der Waals surface area contributed by atoms with Crippen LogP contribution in [-0.4, -0.2) is 24.8 Å². The van der Waals surface area contributed by atoms with Crippen molar-refractivity contribution in [1.82, 2.24) is 0 Å². The second-order valence-electron chi connectivity index (χ2n) is 10.9. The van der Waals surface area contributed by atoms with Crippen LogP contribution < -0.4 is 0 Å². The second-order valence-corrected chi connectivity index (χ2v) is 10.9. The molecule has 3 rings (SSSR count). The van der Waals surface area contributed by atoms with E-state index in [0.717, 1.165) is 25.7 Å². The highest BCUT2D eigenvalue weighted by Crippen LogP contribution is 2.63. The Morgan fingerprint density at radius 1 is 1.21 bits per heavy atom. The SMILES string of the molecule is C=C1CCC[C@H]2[C@](C)(CC[C@]3(C)CC[C@H]([C@@H](C)C(=O)OC)OO3)[C@@H](C)CC[C@]12C. The second kappa shape index (κ2) is 8.34. The summed E-state index contributed by atoms with van der Waals surface area (Å²) in [6.45, 7) is 16.0. The van der Waals surface area contributed by atoms with E-state index in [4.69, 9.17) is 14.5 Å². The summed E-state index contributed by atoms with van der Waals surface area (Å²) in [4.78, 5) is 23.4. The van der Waals surface area contributed by atoms with Crippen molar-refractivity contribution >= 4 is 5.97 Å². The van der Waals surface area contributed by atoms with Gasteiger partial charge in [0.05, 0.1) is 13.0 Å². The Morgan fingerprint density at radius 3 is 2.55 bits per heavy atom. The zero-order chi connectivity index (χ0) is 21.4. The van der Waals surface area contributed by atoms with Crippen LogP contribution >= 0.6 is 0 Å². The molecule has 7 atom stereocenters. The first-order chi connectivity index (χ1) is 13.6. The van der Waals surface area contributed by atoms with E-state index >= 15 is 0 Å². The van der Waals surface area contributed by atoms with Gasteiger partial charge in [-0.25, -0.2) is 9.78 Å². The van der Waals surface area contributed by atoms with Crippen molar-refractivity contribution in [1.29, 1.82) is 0 Å². The number of ether oxygens (including phenoxy) is 1. The highest BCUT2D eigenvalue weighted by Gasteiger charge is 2.54. The first kappa shape index (κ1) is 22.8. The molecule has 4 nitrogen and oxygen atoms in total. The molecule has 2 saturated carbocycles. The van der Waals surface area contributed by atoms with Gasteiger partial charge in [-0.1, -0.05) is 32.9 Å². The maximum Gasteiger partial charge on any atom is 0.311 e. The molecule has 0 aromatic rings. The zero-order valence-electron chi connectivity index (χ0n) is 19.5. The first-order valence-electron chi connectivity index (χ1n) is 11.7. The average Bonchev–Trinajstić information content (AvgIpc) is 2.71. The molecule has 4 heteroatoms. The summed E-state index contributed by atoms with van der Waals surface area (Å²) < 4.78 is 4.86. The fourth-order valence-electron chi connectivity index (χ4n) is 6.48. The number of rotatable bonds is 5. The van der Waals surface area contributed by atoms with E-state index in [2.05, 4.69) is 34.3 Å². The van der Waals surface area contributed by atoms with Gasteiger partial charge >= 0.3 is 5.97 Å². The molecular weight excluding hydrogens is 364 g/mol. The standard InChI is InChI=1S/C25H42O4/c1-17-9-8-10-21-24(17,5)14-11-18(2)25(21,6)16-15-23(4)13-12-20(28-29-23)19(3)22(26)27-7/h18-21H,1,8-16H2,2-7H3/t18-,19+,20+,21+,23-,24+,25+/m0/s1. The lowest BCUT2D eigenvalue weighted by Crippen LogP contribution is -2.51. The van der Waals surface area contributed by atoms with Crippen LogP contribution in [0.4, 0.5) is 0 Å². The van der Waals surface area contributed by atoms with Crippen molar-refractivity contribution in [3.63, 3.8) is 0 Å². The summed E-state index contributed by atoms with van der Waals surface area (Å²) in [5, 5.41) is 0. The Morgan fingerprint density at radius 2 is 1.93 bits per heavy atom. The Labute approximate surface area is 177 Å². The van der Waals surface area contributed by atoms with Gasteiger partial charge in [-0.2, -0.15) is 0 Å². The van der Waals surface area contributed by atoms with E-state index in [1.54, 1.807) is 0 Å². The van der Waals surface area contributed by atoms with Crippen LogP contribution in [0.25, 0.3) is 0 Å². The molecule has 0 N–H and O–H groups in total. The maximum absolute atomic E-state index is 11.8. The molecule has 3 fully saturated rings. The molecule has 3 aliphatic rings. The summed E-state index contributed by atoms with van der Waals surface area (Å²) in [5.41, 5.74) is 1.80. The number of hydrogen-bond acceptors (Lipinski definition) is 4. The van der Waals surface area contributed by atoms with E-state index in [9.17, 15) is 4.79 Å². The predicted octanol–water partition coefficient (Wildman–Crippen LogP) is 6.24. The molecule has 0 amide bonds. The molecule has 0 unspecified atom stereocenters. The number of methoxy groups -OCH3 is 1. The van der Waals surface area contributed by atoms with Crippen molar-refractivity contribution in [2.75, 3.05) is 7.11 Å². The summed E-state index contributed by atoms with van der Waals surface area (Å²) in [6, 6.07) is 0. The van der Waals surface area contributed by atoms with E-state index < -0.39 is 0 Å². The molecular formula is C25H42O4. The van der Waals surface area contributed by atoms with Crippen molar-refractivity contribution in [2.24, 2.45) is 28.6 Å². The fourth-order valence-corrected chi connectivity index (χ4v) is 6.48. The largest absolute Gasteiger partial charge is 0.469 e. The minimum absolute atomic E-state index is 0.218. The number of carbonyl (C=O) groups excluding carboxylic acids is 1. The lowest BCUT2D eigenvalue weighted by atomic mass is 9.46. The average molecular weight is 407 g/mol. The highest BCUT2D eigenvalue weighted by atomic mass is 17.2. The Balaban J connectivity index is 1.65. The van der Waals surface area contributed by atoms with Crippen LogP contribution in [0.2, 0.25) is 0 Å². The minimum atomic E-state index is -0.297. The Bertz CT molecular complexity index is 620. The molecule has 0 bridgehead atoms. The van der Waals surface area contributed by atoms with Gasteiger partial charge in [0, 0.05) is 0 Å². The molecule has 1 heterocycles. The smallest absolute Gasteiger partial charge is 0.311 e. The highest BCUT2D eigenvalue weighted by molar-refractivity contribution is 5.72. The summed E-state index contributed by atoms with van der Waals surface area (Å²) >= 11 is 0. The van der Waals surface area contributed by atoms with Crippen molar-refractivity contribution in [3.8, 4) is 0 Å². The van der Waals surface area contributed by atoms with Crippen molar-refractivity contribution < 1.29 is 19.3 Å². The van der Waals surface area contributed by atoms with Gasteiger partial charge in [0.15, 0.2) is 0 Å². The third kappa shape index (κ3) is 4.17. The lowest BCUT2D eigenvalue weighted by Gasteiger charge is -2.59. The van der Waals surface area contributed by atoms with Crippen LogP contribution in [0.1, 0.15) is 92.4 Å². The van der Waals surface area contributed by atoms with Gasteiger partial charge in [-0.05, 0) is 94.3 Å². The molecule has 0 aromatic heterocycles. The van der Waals surface area contributed by atoms with Gasteiger partial charge in [0.1, 0.15) is 11.7 Å². The number of hydrogen-bond donors (Lipinski definition) is 0. The summed E-state index contributed by atoms with van der Waals surface area (Å²) in [7, 11) is 1.42. The number of fused-ring (bicyclic) bond motifs is 1. The molecule has 0 radical (unpaired) electrons. The molecule has 0 aromatic carbocycles. The monoisotopic (exact) mass is 406 g/mol. The van der Waals surface area contributed by atoms with Crippen molar-refractivity contribution in [2.45, 2.75) is 104 Å². The van der Waals surface area contributed by atoms with Gasteiger partial charge in [0.25, 0.3) is 0 Å². The van der Waals surface area contributed by atoms with Crippen molar-refractivity contribution in [3.05, 3.63) is 12.2 Å². The maximum atomic E-state index is 11.8. The van der Waals surface area contributed by atoms with E-state index in [0.29, 0.717) is 22.7 Å².